The number of nitrogens with zero attached hydrogens (tertiary/aromatic N) is 1. The highest BCUT2D eigenvalue weighted by Gasteiger charge is 2.31. The number of anilines is 1. The van der Waals surface area contributed by atoms with E-state index in [4.69, 9.17) is 0 Å². The molecular weight excluding hydrogens is 334 g/mol. The molecule has 2 aromatic carbocycles. The van der Waals surface area contributed by atoms with E-state index in [2.05, 4.69) is 22.5 Å². The zero-order valence-electron chi connectivity index (χ0n) is 14.1. The summed E-state index contributed by atoms with van der Waals surface area (Å²) < 4.78 is 0. The minimum absolute atomic E-state index is 0.131. The Balaban J connectivity index is 1.63. The number of amidine groups is 1. The fraction of sp³-hybridized carbons (Fsp3) is 0.316. The van der Waals surface area contributed by atoms with Gasteiger partial charge in [-0.05, 0) is 17.9 Å². The molecule has 2 amide bonds. The van der Waals surface area contributed by atoms with Crippen LogP contribution in [0.4, 0.5) is 5.69 Å². The third-order valence-corrected chi connectivity index (χ3v) is 5.10. The number of rotatable bonds is 6. The SMILES string of the molecule is CCCCN=C1NC(=O)[C@H](CC(=O)Nc2cccc3ccccc23)S1. The Morgan fingerprint density at radius 2 is 2.04 bits per heavy atom. The average Bonchev–Trinajstić information content (AvgIpc) is 2.95. The largest absolute Gasteiger partial charge is 0.325 e. The van der Waals surface area contributed by atoms with Gasteiger partial charge < -0.3 is 10.6 Å². The smallest absolute Gasteiger partial charge is 0.240 e. The van der Waals surface area contributed by atoms with Gasteiger partial charge in [0, 0.05) is 24.0 Å². The number of nitrogens with one attached hydrogen (secondary N) is 2. The number of benzene rings is 2. The summed E-state index contributed by atoms with van der Waals surface area (Å²) in [6.07, 6.45) is 2.19. The molecule has 0 bridgehead atoms. The molecule has 2 aromatic rings. The maximum Gasteiger partial charge on any atom is 0.240 e. The highest BCUT2D eigenvalue weighted by molar-refractivity contribution is 8.15. The lowest BCUT2D eigenvalue weighted by Crippen LogP contribution is -2.28. The van der Waals surface area contributed by atoms with E-state index in [-0.39, 0.29) is 18.2 Å². The van der Waals surface area contributed by atoms with Gasteiger partial charge in [0.2, 0.25) is 11.8 Å². The Hall–Kier alpha value is -2.34. The van der Waals surface area contributed by atoms with Gasteiger partial charge in [0.1, 0.15) is 5.25 Å². The molecule has 5 nitrogen and oxygen atoms in total. The lowest BCUT2D eigenvalue weighted by Gasteiger charge is -2.10. The van der Waals surface area contributed by atoms with E-state index in [0.29, 0.717) is 11.7 Å². The van der Waals surface area contributed by atoms with E-state index in [1.54, 1.807) is 0 Å². The van der Waals surface area contributed by atoms with Crippen molar-refractivity contribution in [2.75, 3.05) is 11.9 Å². The van der Waals surface area contributed by atoms with Gasteiger partial charge in [0.05, 0.1) is 0 Å². The molecule has 0 unspecified atom stereocenters. The van der Waals surface area contributed by atoms with Crippen molar-refractivity contribution in [1.29, 1.82) is 0 Å². The van der Waals surface area contributed by atoms with E-state index >= 15 is 0 Å². The van der Waals surface area contributed by atoms with E-state index < -0.39 is 5.25 Å². The number of unbranched alkanes of at least 4 members (excludes halogenated alkanes) is 1. The quantitative estimate of drug-likeness (QED) is 0.779. The summed E-state index contributed by atoms with van der Waals surface area (Å²) in [5, 5.41) is 7.95. The minimum atomic E-state index is -0.421. The molecule has 2 N–H and O–H groups in total. The van der Waals surface area contributed by atoms with Crippen molar-refractivity contribution in [1.82, 2.24) is 5.32 Å². The van der Waals surface area contributed by atoms with Crippen LogP contribution < -0.4 is 10.6 Å². The van der Waals surface area contributed by atoms with Gasteiger partial charge in [-0.25, -0.2) is 0 Å². The van der Waals surface area contributed by atoms with Crippen LogP contribution >= 0.6 is 11.8 Å². The van der Waals surface area contributed by atoms with E-state index in [1.807, 2.05) is 42.5 Å². The standard InChI is InChI=1S/C19H21N3O2S/c1-2-3-11-20-19-22-18(24)16(25-19)12-17(23)21-15-10-6-8-13-7-4-5-9-14(13)15/h4-10,16H,2-3,11-12H2,1H3,(H,21,23)(H,20,22,24)/t16-/m0/s1. The number of fused-ring (bicyclic) bond motifs is 1. The average molecular weight is 355 g/mol. The summed E-state index contributed by atoms with van der Waals surface area (Å²) in [6, 6.07) is 13.7. The van der Waals surface area contributed by atoms with Crippen molar-refractivity contribution in [2.45, 2.75) is 31.4 Å². The molecule has 0 radical (unpaired) electrons. The molecule has 3 rings (SSSR count). The molecule has 1 saturated heterocycles. The van der Waals surface area contributed by atoms with Gasteiger partial charge in [-0.2, -0.15) is 0 Å². The summed E-state index contributed by atoms with van der Waals surface area (Å²) in [5.41, 5.74) is 0.767. The van der Waals surface area contributed by atoms with Crippen LogP contribution in [-0.2, 0) is 9.59 Å². The second-order valence-electron chi connectivity index (χ2n) is 5.92. The van der Waals surface area contributed by atoms with E-state index in [9.17, 15) is 9.59 Å². The summed E-state index contributed by atoms with van der Waals surface area (Å²) in [4.78, 5) is 28.8. The topological polar surface area (TPSA) is 70.6 Å². The van der Waals surface area contributed by atoms with Gasteiger partial charge in [-0.1, -0.05) is 61.5 Å². The number of thioether (sulfide) groups is 1. The third-order valence-electron chi connectivity index (χ3n) is 3.98. The molecule has 0 aliphatic carbocycles. The van der Waals surface area contributed by atoms with Gasteiger partial charge in [-0.3, -0.25) is 14.6 Å². The first kappa shape index (κ1) is 17.5. The Labute approximate surface area is 151 Å². The van der Waals surface area contributed by atoms with Gasteiger partial charge in [0.25, 0.3) is 0 Å². The van der Waals surface area contributed by atoms with Crippen LogP contribution in [0.15, 0.2) is 47.5 Å². The van der Waals surface area contributed by atoms with Crippen LogP contribution in [0.5, 0.6) is 0 Å². The maximum atomic E-state index is 12.4. The molecule has 0 saturated carbocycles. The maximum absolute atomic E-state index is 12.4. The molecule has 25 heavy (non-hydrogen) atoms. The molecule has 0 spiro atoms. The van der Waals surface area contributed by atoms with Crippen LogP contribution in [-0.4, -0.2) is 28.8 Å². The molecule has 0 aromatic heterocycles. The van der Waals surface area contributed by atoms with Crippen molar-refractivity contribution in [2.24, 2.45) is 4.99 Å². The van der Waals surface area contributed by atoms with Gasteiger partial charge >= 0.3 is 0 Å². The van der Waals surface area contributed by atoms with Crippen LogP contribution in [0.2, 0.25) is 0 Å². The third kappa shape index (κ3) is 4.39. The van der Waals surface area contributed by atoms with E-state index in [1.165, 1.54) is 11.8 Å². The number of carbonyl (C=O) groups excluding carboxylic acids is 2. The monoisotopic (exact) mass is 355 g/mol. The van der Waals surface area contributed by atoms with Crippen molar-refractivity contribution in [3.05, 3.63) is 42.5 Å². The predicted molar refractivity (Wildman–Crippen MR) is 104 cm³/mol. The first-order chi connectivity index (χ1) is 12.2. The second kappa shape index (κ2) is 8.16. The minimum Gasteiger partial charge on any atom is -0.325 e. The van der Waals surface area contributed by atoms with Crippen molar-refractivity contribution >= 4 is 45.2 Å². The molecule has 1 heterocycles. The number of hydrogen-bond donors (Lipinski definition) is 2. The Kier molecular flexibility index (Phi) is 5.71. The lowest BCUT2D eigenvalue weighted by atomic mass is 10.1. The number of hydrogen-bond acceptors (Lipinski definition) is 4. The summed E-state index contributed by atoms with van der Waals surface area (Å²) in [6.45, 7) is 2.80. The van der Waals surface area contributed by atoms with Crippen LogP contribution in [0, 0.1) is 0 Å². The Bertz CT molecular complexity index is 814. The summed E-state index contributed by atoms with van der Waals surface area (Å²) >= 11 is 1.34. The zero-order valence-corrected chi connectivity index (χ0v) is 14.9. The van der Waals surface area contributed by atoms with Gasteiger partial charge in [-0.15, -0.1) is 0 Å². The molecule has 1 atom stereocenters. The lowest BCUT2D eigenvalue weighted by molar-refractivity contribution is -0.122. The second-order valence-corrected chi connectivity index (χ2v) is 7.11. The van der Waals surface area contributed by atoms with Crippen LogP contribution in [0.3, 0.4) is 0 Å². The fourth-order valence-corrected chi connectivity index (χ4v) is 3.65. The fourth-order valence-electron chi connectivity index (χ4n) is 2.66. The molecule has 1 aliphatic heterocycles. The van der Waals surface area contributed by atoms with Crippen LogP contribution in [0.25, 0.3) is 10.8 Å². The molecule has 6 heteroatoms. The number of amides is 2. The highest BCUT2D eigenvalue weighted by Crippen LogP contribution is 2.25. The molecular formula is C19H21N3O2S. The summed E-state index contributed by atoms with van der Waals surface area (Å²) in [5.74, 6) is -0.313. The molecule has 130 valence electrons. The van der Waals surface area contributed by atoms with Gasteiger partial charge in [0.15, 0.2) is 5.17 Å². The predicted octanol–water partition coefficient (Wildman–Crippen LogP) is 3.56. The zero-order chi connectivity index (χ0) is 17.6. The first-order valence-electron chi connectivity index (χ1n) is 8.47. The van der Waals surface area contributed by atoms with Crippen molar-refractivity contribution in [3.8, 4) is 0 Å². The first-order valence-corrected chi connectivity index (χ1v) is 9.35. The normalized spacial score (nSPS) is 18.5. The molecule has 1 fully saturated rings. The van der Waals surface area contributed by atoms with E-state index in [0.717, 1.165) is 29.3 Å². The Morgan fingerprint density at radius 3 is 2.88 bits per heavy atom. The molecule has 1 aliphatic rings. The summed E-state index contributed by atoms with van der Waals surface area (Å²) in [7, 11) is 0. The van der Waals surface area contributed by atoms with Crippen LogP contribution in [0.1, 0.15) is 26.2 Å². The van der Waals surface area contributed by atoms with Crippen molar-refractivity contribution in [3.63, 3.8) is 0 Å². The van der Waals surface area contributed by atoms with Crippen molar-refractivity contribution < 1.29 is 9.59 Å². The Morgan fingerprint density at radius 1 is 1.24 bits per heavy atom. The highest BCUT2D eigenvalue weighted by atomic mass is 32.2. The number of carbonyl (C=O) groups is 2. The number of aliphatic imine (C=N–C) groups is 1.